The summed E-state index contributed by atoms with van der Waals surface area (Å²) in [6, 6.07) is 1.57. The van der Waals surface area contributed by atoms with Gasteiger partial charge in [-0.3, -0.25) is 9.59 Å². The Morgan fingerprint density at radius 1 is 1.42 bits per heavy atom. The molecule has 0 atom stereocenters. The highest BCUT2D eigenvalue weighted by Crippen LogP contribution is 2.26. The number of anilines is 1. The van der Waals surface area contributed by atoms with Gasteiger partial charge < -0.3 is 15.6 Å². The van der Waals surface area contributed by atoms with Crippen LogP contribution in [0.4, 0.5) is 5.13 Å². The van der Waals surface area contributed by atoms with Crippen LogP contribution in [0.1, 0.15) is 42.4 Å². The number of nitrogens with one attached hydrogen (secondary N) is 1. The number of carbonyl (C=O) groups excluding carboxylic acids is 1. The van der Waals surface area contributed by atoms with Gasteiger partial charge in [-0.15, -0.1) is 11.3 Å². The van der Waals surface area contributed by atoms with Gasteiger partial charge in [-0.2, -0.15) is 0 Å². The number of likely N-dealkylation sites (tertiary alicyclic amines) is 1. The van der Waals surface area contributed by atoms with Crippen LogP contribution in [-0.2, 0) is 11.2 Å². The first-order valence-corrected chi connectivity index (χ1v) is 8.95. The summed E-state index contributed by atoms with van der Waals surface area (Å²) < 4.78 is 0. The molecule has 7 nitrogen and oxygen atoms in total. The molecule has 3 heterocycles. The van der Waals surface area contributed by atoms with Crippen LogP contribution < -0.4 is 11.3 Å². The van der Waals surface area contributed by atoms with Crippen LogP contribution in [-0.4, -0.2) is 38.8 Å². The van der Waals surface area contributed by atoms with Crippen LogP contribution in [0.3, 0.4) is 0 Å². The summed E-state index contributed by atoms with van der Waals surface area (Å²) in [6.07, 6.45) is 2.76. The molecule has 0 saturated carbocycles. The fraction of sp³-hybridized carbons (Fsp3) is 0.500. The van der Waals surface area contributed by atoms with Gasteiger partial charge in [-0.25, -0.2) is 9.97 Å². The number of nitrogen functional groups attached to an aromatic ring is 1. The first-order valence-electron chi connectivity index (χ1n) is 8.07. The number of hydrogen-bond acceptors (Lipinski definition) is 6. The highest BCUT2D eigenvalue weighted by molar-refractivity contribution is 7.13. The van der Waals surface area contributed by atoms with Crippen molar-refractivity contribution in [1.82, 2.24) is 19.9 Å². The highest BCUT2D eigenvalue weighted by atomic mass is 32.1. The number of piperidine rings is 1. The lowest BCUT2D eigenvalue weighted by molar-refractivity contribution is -0.132. The predicted octanol–water partition coefficient (Wildman–Crippen LogP) is 1.46. The van der Waals surface area contributed by atoms with Crippen LogP contribution in [0.5, 0.6) is 0 Å². The average Bonchev–Trinajstić information content (AvgIpc) is 2.97. The third-order valence-electron chi connectivity index (χ3n) is 4.31. The first kappa shape index (κ1) is 16.6. The molecule has 1 amide bonds. The second-order valence-corrected chi connectivity index (χ2v) is 6.98. The van der Waals surface area contributed by atoms with E-state index in [1.54, 1.807) is 13.0 Å². The van der Waals surface area contributed by atoms with Gasteiger partial charge >= 0.3 is 0 Å². The van der Waals surface area contributed by atoms with E-state index in [9.17, 15) is 9.59 Å². The molecule has 8 heteroatoms. The number of aryl methyl sites for hydroxylation is 2. The monoisotopic (exact) mass is 347 g/mol. The van der Waals surface area contributed by atoms with Gasteiger partial charge in [-0.05, 0) is 26.2 Å². The Morgan fingerprint density at radius 2 is 2.17 bits per heavy atom. The Labute approximate surface area is 143 Å². The fourth-order valence-electron chi connectivity index (χ4n) is 3.07. The second kappa shape index (κ2) is 7.12. The zero-order valence-electron chi connectivity index (χ0n) is 13.6. The van der Waals surface area contributed by atoms with Gasteiger partial charge in [0.1, 0.15) is 5.82 Å². The minimum absolute atomic E-state index is 0.112. The van der Waals surface area contributed by atoms with E-state index < -0.39 is 0 Å². The number of amides is 1. The van der Waals surface area contributed by atoms with Crippen LogP contribution in [0, 0.1) is 6.92 Å². The normalized spacial score (nSPS) is 15.6. The second-order valence-electron chi connectivity index (χ2n) is 6.09. The summed E-state index contributed by atoms with van der Waals surface area (Å²) in [6.45, 7) is 3.20. The van der Waals surface area contributed by atoms with E-state index in [0.717, 1.165) is 24.2 Å². The minimum Gasteiger partial charge on any atom is -0.375 e. The summed E-state index contributed by atoms with van der Waals surface area (Å²) in [5, 5.41) is 2.44. The van der Waals surface area contributed by atoms with E-state index in [-0.39, 0.29) is 17.4 Å². The summed E-state index contributed by atoms with van der Waals surface area (Å²) >= 11 is 1.40. The van der Waals surface area contributed by atoms with Gasteiger partial charge in [-0.1, -0.05) is 0 Å². The third kappa shape index (κ3) is 4.00. The van der Waals surface area contributed by atoms with E-state index >= 15 is 0 Å². The lowest BCUT2D eigenvalue weighted by Crippen LogP contribution is -2.38. The highest BCUT2D eigenvalue weighted by Gasteiger charge is 2.25. The summed E-state index contributed by atoms with van der Waals surface area (Å²) in [5.41, 5.74) is 7.20. The van der Waals surface area contributed by atoms with Gasteiger partial charge in [0.15, 0.2) is 5.13 Å². The summed E-state index contributed by atoms with van der Waals surface area (Å²) in [5.74, 6) is 1.03. The van der Waals surface area contributed by atoms with Crippen LogP contribution in [0.2, 0.25) is 0 Å². The molecule has 0 spiro atoms. The minimum atomic E-state index is -0.112. The van der Waals surface area contributed by atoms with E-state index in [4.69, 9.17) is 5.73 Å². The summed E-state index contributed by atoms with van der Waals surface area (Å²) in [7, 11) is 0. The van der Waals surface area contributed by atoms with E-state index in [0.29, 0.717) is 36.9 Å². The van der Waals surface area contributed by atoms with Crippen molar-refractivity contribution < 1.29 is 4.79 Å². The number of nitrogens with zero attached hydrogens (tertiary/aromatic N) is 3. The topological polar surface area (TPSA) is 105 Å². The van der Waals surface area contributed by atoms with Crippen molar-refractivity contribution in [3.05, 3.63) is 39.0 Å². The predicted molar refractivity (Wildman–Crippen MR) is 93.0 cm³/mol. The van der Waals surface area contributed by atoms with Crippen molar-refractivity contribution in [2.75, 3.05) is 18.8 Å². The number of aromatic nitrogens is 3. The SMILES string of the molecule is Cc1nc(C2CCN(C(=O)CCc3csc(N)n3)CC2)cc(=O)[nH]1. The molecule has 0 aromatic carbocycles. The van der Waals surface area contributed by atoms with Gasteiger partial charge in [0.25, 0.3) is 5.56 Å². The Bertz CT molecular complexity index is 777. The number of hydrogen-bond donors (Lipinski definition) is 2. The number of nitrogens with two attached hydrogens (primary N) is 1. The third-order valence-corrected chi connectivity index (χ3v) is 5.03. The quantitative estimate of drug-likeness (QED) is 0.871. The Kier molecular flexibility index (Phi) is 4.94. The van der Waals surface area contributed by atoms with E-state index in [1.807, 2.05) is 10.3 Å². The average molecular weight is 347 g/mol. The molecule has 0 aliphatic carbocycles. The molecule has 128 valence electrons. The number of rotatable bonds is 4. The van der Waals surface area contributed by atoms with Crippen molar-refractivity contribution in [3.8, 4) is 0 Å². The number of H-pyrrole nitrogens is 1. The smallest absolute Gasteiger partial charge is 0.251 e. The van der Waals surface area contributed by atoms with Crippen LogP contribution in [0.25, 0.3) is 0 Å². The van der Waals surface area contributed by atoms with Crippen molar-refractivity contribution in [1.29, 1.82) is 0 Å². The molecule has 2 aromatic rings. The maximum atomic E-state index is 12.3. The lowest BCUT2D eigenvalue weighted by atomic mass is 9.93. The standard InChI is InChI=1S/C16H21N5O2S/c1-10-18-13(8-14(22)19-10)11-4-6-21(7-5-11)15(23)3-2-12-9-24-16(17)20-12/h8-9,11H,2-7H2,1H3,(H2,17,20)(H,18,19,22). The number of carbonyl (C=O) groups is 1. The zero-order chi connectivity index (χ0) is 17.1. The van der Waals surface area contributed by atoms with Gasteiger partial charge in [0.2, 0.25) is 5.91 Å². The Morgan fingerprint density at radius 3 is 2.79 bits per heavy atom. The largest absolute Gasteiger partial charge is 0.375 e. The molecule has 1 aliphatic heterocycles. The van der Waals surface area contributed by atoms with Gasteiger partial charge in [0, 0.05) is 36.9 Å². The molecule has 1 saturated heterocycles. The molecule has 0 bridgehead atoms. The van der Waals surface area contributed by atoms with Crippen molar-refractivity contribution >= 4 is 22.4 Å². The van der Waals surface area contributed by atoms with Gasteiger partial charge in [0.05, 0.1) is 11.4 Å². The van der Waals surface area contributed by atoms with Crippen molar-refractivity contribution in [3.63, 3.8) is 0 Å². The van der Waals surface area contributed by atoms with Crippen molar-refractivity contribution in [2.45, 2.75) is 38.5 Å². The van der Waals surface area contributed by atoms with Crippen LogP contribution in [0.15, 0.2) is 16.2 Å². The number of aromatic amines is 1. The molecule has 1 aliphatic rings. The summed E-state index contributed by atoms with van der Waals surface area (Å²) in [4.78, 5) is 37.1. The molecule has 3 N–H and O–H groups in total. The maximum Gasteiger partial charge on any atom is 0.251 e. The molecule has 1 fully saturated rings. The molecule has 0 unspecified atom stereocenters. The Balaban J connectivity index is 1.52. The lowest BCUT2D eigenvalue weighted by Gasteiger charge is -2.31. The molecule has 2 aromatic heterocycles. The molecule has 24 heavy (non-hydrogen) atoms. The maximum absolute atomic E-state index is 12.3. The number of thiazole rings is 1. The zero-order valence-corrected chi connectivity index (χ0v) is 14.4. The van der Waals surface area contributed by atoms with Crippen LogP contribution >= 0.6 is 11.3 Å². The van der Waals surface area contributed by atoms with E-state index in [2.05, 4.69) is 15.0 Å². The first-order chi connectivity index (χ1) is 11.5. The molecule has 3 rings (SSSR count). The molecular formula is C16H21N5O2S. The van der Waals surface area contributed by atoms with Crippen molar-refractivity contribution in [2.24, 2.45) is 0 Å². The molecule has 0 radical (unpaired) electrons. The van der Waals surface area contributed by atoms with E-state index in [1.165, 1.54) is 11.3 Å². The molecular weight excluding hydrogens is 326 g/mol. The fourth-order valence-corrected chi connectivity index (χ4v) is 3.66. The Hall–Kier alpha value is -2.22.